The SMILES string of the molecule is Cc1cccc(Nc2cccc(S(N)(=O)=O)c2N)c1Br. The van der Waals surface area contributed by atoms with Crippen LogP contribution in [0.1, 0.15) is 5.56 Å². The minimum Gasteiger partial charge on any atom is -0.396 e. The zero-order valence-corrected chi connectivity index (χ0v) is 13.1. The van der Waals surface area contributed by atoms with Crippen molar-refractivity contribution in [2.75, 3.05) is 11.1 Å². The summed E-state index contributed by atoms with van der Waals surface area (Å²) >= 11 is 3.47. The van der Waals surface area contributed by atoms with Crippen molar-refractivity contribution < 1.29 is 8.42 Å². The number of nitrogens with two attached hydrogens (primary N) is 2. The van der Waals surface area contributed by atoms with Crippen molar-refractivity contribution in [2.45, 2.75) is 11.8 Å². The van der Waals surface area contributed by atoms with Gasteiger partial charge in [0, 0.05) is 4.47 Å². The molecule has 0 heterocycles. The van der Waals surface area contributed by atoms with Gasteiger partial charge in [-0.05, 0) is 46.6 Å². The fourth-order valence-corrected chi connectivity index (χ4v) is 2.84. The van der Waals surface area contributed by atoms with Gasteiger partial charge in [-0.1, -0.05) is 18.2 Å². The van der Waals surface area contributed by atoms with Gasteiger partial charge < -0.3 is 11.1 Å². The van der Waals surface area contributed by atoms with E-state index < -0.39 is 10.0 Å². The van der Waals surface area contributed by atoms with E-state index in [9.17, 15) is 8.42 Å². The first-order valence-electron chi connectivity index (χ1n) is 5.74. The number of sulfonamides is 1. The summed E-state index contributed by atoms with van der Waals surface area (Å²) in [6, 6.07) is 10.4. The quantitative estimate of drug-likeness (QED) is 0.737. The van der Waals surface area contributed by atoms with Crippen LogP contribution in [0.15, 0.2) is 45.8 Å². The number of halogens is 1. The van der Waals surface area contributed by atoms with Gasteiger partial charge in [0.15, 0.2) is 0 Å². The fourth-order valence-electron chi connectivity index (χ4n) is 1.79. The van der Waals surface area contributed by atoms with E-state index in [1.54, 1.807) is 12.1 Å². The zero-order valence-electron chi connectivity index (χ0n) is 10.7. The molecule has 0 aliphatic heterocycles. The van der Waals surface area contributed by atoms with Crippen molar-refractivity contribution in [3.8, 4) is 0 Å². The van der Waals surface area contributed by atoms with E-state index in [0.29, 0.717) is 5.69 Å². The molecule has 2 aromatic rings. The summed E-state index contributed by atoms with van der Waals surface area (Å²) in [6.45, 7) is 1.96. The van der Waals surface area contributed by atoms with Gasteiger partial charge in [-0.3, -0.25) is 0 Å². The molecule has 0 saturated carbocycles. The van der Waals surface area contributed by atoms with Gasteiger partial charge in [0.25, 0.3) is 0 Å². The van der Waals surface area contributed by atoms with Crippen LogP contribution in [0.2, 0.25) is 0 Å². The highest BCUT2D eigenvalue weighted by molar-refractivity contribution is 9.10. The number of nitrogen functional groups attached to an aromatic ring is 1. The van der Waals surface area contributed by atoms with Crippen molar-refractivity contribution in [1.82, 2.24) is 0 Å². The largest absolute Gasteiger partial charge is 0.396 e. The molecular weight excluding hydrogens is 342 g/mol. The summed E-state index contributed by atoms with van der Waals surface area (Å²) in [7, 11) is -3.84. The van der Waals surface area contributed by atoms with Gasteiger partial charge >= 0.3 is 0 Å². The van der Waals surface area contributed by atoms with Crippen molar-refractivity contribution in [1.29, 1.82) is 0 Å². The number of anilines is 3. The first kappa shape index (κ1) is 14.8. The van der Waals surface area contributed by atoms with Crippen LogP contribution in [-0.2, 0) is 10.0 Å². The lowest BCUT2D eigenvalue weighted by molar-refractivity contribution is 0.598. The summed E-state index contributed by atoms with van der Waals surface area (Å²) in [5.41, 5.74) is 8.30. The maximum Gasteiger partial charge on any atom is 0.240 e. The molecule has 0 saturated heterocycles. The van der Waals surface area contributed by atoms with Crippen LogP contribution in [0.5, 0.6) is 0 Å². The number of hydrogen-bond acceptors (Lipinski definition) is 4. The number of para-hydroxylation sites is 1. The molecule has 0 spiro atoms. The average molecular weight is 356 g/mol. The predicted octanol–water partition coefficient (Wildman–Crippen LogP) is 2.73. The van der Waals surface area contributed by atoms with Gasteiger partial charge in [0.2, 0.25) is 10.0 Å². The molecule has 2 aromatic carbocycles. The zero-order chi connectivity index (χ0) is 14.9. The molecule has 5 nitrogen and oxygen atoms in total. The Morgan fingerprint density at radius 3 is 2.35 bits per heavy atom. The molecule has 0 unspecified atom stereocenters. The molecule has 0 fully saturated rings. The maximum atomic E-state index is 11.4. The monoisotopic (exact) mass is 355 g/mol. The van der Waals surface area contributed by atoms with Crippen molar-refractivity contribution >= 4 is 43.0 Å². The number of rotatable bonds is 3. The topological polar surface area (TPSA) is 98.2 Å². The summed E-state index contributed by atoms with van der Waals surface area (Å²) in [5, 5.41) is 8.23. The average Bonchev–Trinajstić information content (AvgIpc) is 2.36. The Balaban J connectivity index is 2.48. The lowest BCUT2D eigenvalue weighted by Gasteiger charge is -2.14. The van der Waals surface area contributed by atoms with E-state index in [-0.39, 0.29) is 10.6 Å². The van der Waals surface area contributed by atoms with Gasteiger partial charge in [0.05, 0.1) is 17.1 Å². The van der Waals surface area contributed by atoms with Gasteiger partial charge in [-0.25, -0.2) is 13.6 Å². The molecule has 5 N–H and O–H groups in total. The van der Waals surface area contributed by atoms with Crippen LogP contribution in [0.25, 0.3) is 0 Å². The molecule has 0 radical (unpaired) electrons. The molecule has 7 heteroatoms. The Labute approximate surface area is 126 Å². The number of aryl methyl sites for hydroxylation is 1. The number of primary sulfonamides is 1. The Morgan fingerprint density at radius 1 is 1.10 bits per heavy atom. The van der Waals surface area contributed by atoms with Crippen LogP contribution in [-0.4, -0.2) is 8.42 Å². The second-order valence-corrected chi connectivity index (χ2v) is 6.65. The molecule has 0 bridgehead atoms. The Morgan fingerprint density at radius 2 is 1.70 bits per heavy atom. The van der Waals surface area contributed by atoms with E-state index >= 15 is 0 Å². The van der Waals surface area contributed by atoms with Crippen molar-refractivity contribution in [3.05, 3.63) is 46.4 Å². The molecule has 0 aliphatic rings. The van der Waals surface area contributed by atoms with Crippen LogP contribution in [0.3, 0.4) is 0 Å². The van der Waals surface area contributed by atoms with Gasteiger partial charge in [0.1, 0.15) is 4.90 Å². The Bertz CT molecular complexity index is 760. The van der Waals surface area contributed by atoms with Gasteiger partial charge in [-0.15, -0.1) is 0 Å². The van der Waals surface area contributed by atoms with Crippen LogP contribution in [0, 0.1) is 6.92 Å². The number of hydrogen-bond donors (Lipinski definition) is 3. The van der Waals surface area contributed by atoms with E-state index in [4.69, 9.17) is 10.9 Å². The van der Waals surface area contributed by atoms with Gasteiger partial charge in [-0.2, -0.15) is 0 Å². The molecule has 0 amide bonds. The van der Waals surface area contributed by atoms with Crippen molar-refractivity contribution in [3.63, 3.8) is 0 Å². The highest BCUT2D eigenvalue weighted by Gasteiger charge is 2.15. The van der Waals surface area contributed by atoms with Crippen LogP contribution in [0.4, 0.5) is 17.1 Å². The Kier molecular flexibility index (Phi) is 4.03. The van der Waals surface area contributed by atoms with E-state index in [1.165, 1.54) is 6.07 Å². The predicted molar refractivity (Wildman–Crippen MR) is 84.4 cm³/mol. The van der Waals surface area contributed by atoms with E-state index in [2.05, 4.69) is 21.2 Å². The van der Waals surface area contributed by atoms with E-state index in [0.717, 1.165) is 15.7 Å². The lowest BCUT2D eigenvalue weighted by Crippen LogP contribution is -2.15. The highest BCUT2D eigenvalue weighted by atomic mass is 79.9. The second-order valence-electron chi connectivity index (χ2n) is 4.32. The lowest BCUT2D eigenvalue weighted by atomic mass is 10.2. The summed E-state index contributed by atoms with van der Waals surface area (Å²) in [6.07, 6.45) is 0. The minimum atomic E-state index is -3.84. The molecule has 2 rings (SSSR count). The number of benzene rings is 2. The second kappa shape index (κ2) is 5.43. The van der Waals surface area contributed by atoms with E-state index in [1.807, 2.05) is 25.1 Å². The Hall–Kier alpha value is -1.57. The highest BCUT2D eigenvalue weighted by Crippen LogP contribution is 2.33. The number of nitrogens with one attached hydrogen (secondary N) is 1. The third-order valence-corrected chi connectivity index (χ3v) is 4.86. The first-order chi connectivity index (χ1) is 9.30. The van der Waals surface area contributed by atoms with Crippen molar-refractivity contribution in [2.24, 2.45) is 5.14 Å². The molecule has 0 aromatic heterocycles. The fraction of sp³-hybridized carbons (Fsp3) is 0.0769. The third kappa shape index (κ3) is 2.95. The molecule has 0 aliphatic carbocycles. The summed E-state index contributed by atoms with van der Waals surface area (Å²) in [4.78, 5) is -0.0914. The molecular formula is C13H14BrN3O2S. The summed E-state index contributed by atoms with van der Waals surface area (Å²) < 4.78 is 23.8. The van der Waals surface area contributed by atoms with Crippen LogP contribution >= 0.6 is 15.9 Å². The molecule has 106 valence electrons. The normalized spacial score (nSPS) is 11.3. The summed E-state index contributed by atoms with van der Waals surface area (Å²) in [5.74, 6) is 0. The van der Waals surface area contributed by atoms with Crippen LogP contribution < -0.4 is 16.2 Å². The minimum absolute atomic E-state index is 0.0914. The standard InChI is InChI=1S/C13H14BrN3O2S/c1-8-4-2-5-9(12(8)14)17-10-6-3-7-11(13(10)15)20(16,18)19/h2-7,17H,15H2,1H3,(H2,16,18,19). The molecule has 0 atom stereocenters. The molecule has 20 heavy (non-hydrogen) atoms. The maximum absolute atomic E-state index is 11.4. The smallest absolute Gasteiger partial charge is 0.240 e. The third-order valence-electron chi connectivity index (χ3n) is 2.83. The first-order valence-corrected chi connectivity index (χ1v) is 8.08.